The second-order valence-electron chi connectivity index (χ2n) is 6.44. The van der Waals surface area contributed by atoms with Crippen LogP contribution in [0.3, 0.4) is 0 Å². The maximum atomic E-state index is 13.2. The van der Waals surface area contributed by atoms with Crippen molar-refractivity contribution in [2.24, 2.45) is 11.8 Å². The first kappa shape index (κ1) is 16.4. The maximum absolute atomic E-state index is 13.2. The highest BCUT2D eigenvalue weighted by Crippen LogP contribution is 2.34. The van der Waals surface area contributed by atoms with E-state index in [-0.39, 0.29) is 0 Å². The standard InChI is InChI=1S/C18H26F2O/c1-2-3-4-13-5-8-15(9-6-13)18(21)12-14-7-10-16(19)17(20)11-14/h7,10-11,13,15,18,21H,2-6,8-9,12H2,1H3. The van der Waals surface area contributed by atoms with Crippen LogP contribution in [0, 0.1) is 23.5 Å². The molecule has 0 bridgehead atoms. The second-order valence-corrected chi connectivity index (χ2v) is 6.44. The highest BCUT2D eigenvalue weighted by atomic mass is 19.2. The fraction of sp³-hybridized carbons (Fsp3) is 0.667. The molecule has 1 N–H and O–H groups in total. The second kappa shape index (κ2) is 7.88. The molecule has 1 fully saturated rings. The van der Waals surface area contributed by atoms with Crippen molar-refractivity contribution in [3.63, 3.8) is 0 Å². The Labute approximate surface area is 126 Å². The summed E-state index contributed by atoms with van der Waals surface area (Å²) < 4.78 is 26.1. The Hall–Kier alpha value is -0.960. The van der Waals surface area contributed by atoms with Crippen LogP contribution in [0.4, 0.5) is 8.78 Å². The molecule has 3 heteroatoms. The lowest BCUT2D eigenvalue weighted by Crippen LogP contribution is -2.27. The van der Waals surface area contributed by atoms with Gasteiger partial charge in [-0.05, 0) is 48.8 Å². The normalized spacial score (nSPS) is 24.0. The van der Waals surface area contributed by atoms with Crippen molar-refractivity contribution in [3.05, 3.63) is 35.4 Å². The van der Waals surface area contributed by atoms with Crippen molar-refractivity contribution < 1.29 is 13.9 Å². The van der Waals surface area contributed by atoms with E-state index in [0.29, 0.717) is 17.9 Å². The fourth-order valence-electron chi connectivity index (χ4n) is 3.43. The van der Waals surface area contributed by atoms with Gasteiger partial charge in [-0.25, -0.2) is 8.78 Å². The van der Waals surface area contributed by atoms with Crippen LogP contribution in [0.1, 0.15) is 57.4 Å². The first-order valence-electron chi connectivity index (χ1n) is 8.22. The highest BCUT2D eigenvalue weighted by Gasteiger charge is 2.26. The van der Waals surface area contributed by atoms with Crippen LogP contribution < -0.4 is 0 Å². The van der Waals surface area contributed by atoms with Crippen LogP contribution >= 0.6 is 0 Å². The Morgan fingerprint density at radius 3 is 2.48 bits per heavy atom. The van der Waals surface area contributed by atoms with Crippen LogP contribution in [-0.4, -0.2) is 11.2 Å². The van der Waals surface area contributed by atoms with Crippen molar-refractivity contribution >= 4 is 0 Å². The van der Waals surface area contributed by atoms with Gasteiger partial charge in [0.15, 0.2) is 11.6 Å². The number of hydrogen-bond acceptors (Lipinski definition) is 1. The molecule has 1 aromatic carbocycles. The van der Waals surface area contributed by atoms with E-state index in [1.807, 2.05) is 0 Å². The zero-order valence-corrected chi connectivity index (χ0v) is 12.8. The minimum absolute atomic E-state index is 0.302. The van der Waals surface area contributed by atoms with Gasteiger partial charge in [0, 0.05) is 0 Å². The average molecular weight is 296 g/mol. The minimum atomic E-state index is -0.831. The Morgan fingerprint density at radius 1 is 1.14 bits per heavy atom. The molecule has 0 amide bonds. The molecule has 0 radical (unpaired) electrons. The molecule has 0 aliphatic heterocycles. The summed E-state index contributed by atoms with van der Waals surface area (Å²) in [6.07, 6.45) is 8.33. The third-order valence-corrected chi connectivity index (χ3v) is 4.83. The van der Waals surface area contributed by atoms with E-state index < -0.39 is 17.7 Å². The van der Waals surface area contributed by atoms with Gasteiger partial charge in [0.1, 0.15) is 0 Å². The third kappa shape index (κ3) is 4.77. The number of unbranched alkanes of at least 4 members (excludes halogenated alkanes) is 1. The average Bonchev–Trinajstić information content (AvgIpc) is 2.49. The van der Waals surface area contributed by atoms with Gasteiger partial charge in [0.05, 0.1) is 6.10 Å². The molecule has 1 unspecified atom stereocenters. The molecule has 0 saturated heterocycles. The topological polar surface area (TPSA) is 20.2 Å². The predicted octanol–water partition coefficient (Wildman–Crippen LogP) is 4.86. The molecule has 0 spiro atoms. The molecule has 1 saturated carbocycles. The number of benzene rings is 1. The SMILES string of the molecule is CCCCC1CCC(C(O)Cc2ccc(F)c(F)c2)CC1. The van der Waals surface area contributed by atoms with E-state index in [9.17, 15) is 13.9 Å². The molecule has 2 rings (SSSR count). The summed E-state index contributed by atoms with van der Waals surface area (Å²) >= 11 is 0. The molecule has 0 heterocycles. The van der Waals surface area contributed by atoms with Crippen LogP contribution in [0.5, 0.6) is 0 Å². The lowest BCUT2D eigenvalue weighted by atomic mass is 9.76. The van der Waals surface area contributed by atoms with Gasteiger partial charge in [-0.1, -0.05) is 45.1 Å². The summed E-state index contributed by atoms with van der Waals surface area (Å²) in [6.45, 7) is 2.22. The van der Waals surface area contributed by atoms with E-state index >= 15 is 0 Å². The van der Waals surface area contributed by atoms with Crippen molar-refractivity contribution in [2.45, 2.75) is 64.4 Å². The zero-order chi connectivity index (χ0) is 15.2. The van der Waals surface area contributed by atoms with E-state index in [1.54, 1.807) is 6.07 Å². The third-order valence-electron chi connectivity index (χ3n) is 4.83. The quantitative estimate of drug-likeness (QED) is 0.794. The lowest BCUT2D eigenvalue weighted by molar-refractivity contribution is 0.0725. The summed E-state index contributed by atoms with van der Waals surface area (Å²) in [6, 6.07) is 3.90. The molecule has 1 aromatic rings. The van der Waals surface area contributed by atoms with Crippen LogP contribution in [0.15, 0.2) is 18.2 Å². The molecule has 1 aliphatic carbocycles. The van der Waals surface area contributed by atoms with Crippen molar-refractivity contribution in [1.82, 2.24) is 0 Å². The molecular formula is C18H26F2O. The fourth-order valence-corrected chi connectivity index (χ4v) is 3.43. The zero-order valence-electron chi connectivity index (χ0n) is 12.8. The molecule has 1 nitrogen and oxygen atoms in total. The number of aliphatic hydroxyl groups is 1. The Morgan fingerprint density at radius 2 is 1.86 bits per heavy atom. The minimum Gasteiger partial charge on any atom is -0.392 e. The number of aliphatic hydroxyl groups excluding tert-OH is 1. The smallest absolute Gasteiger partial charge is 0.159 e. The van der Waals surface area contributed by atoms with Gasteiger partial charge in [0.25, 0.3) is 0 Å². The lowest BCUT2D eigenvalue weighted by Gasteiger charge is -2.31. The molecule has 118 valence electrons. The Kier molecular flexibility index (Phi) is 6.16. The van der Waals surface area contributed by atoms with Gasteiger partial charge >= 0.3 is 0 Å². The Balaban J connectivity index is 1.81. The predicted molar refractivity (Wildman–Crippen MR) is 81.0 cm³/mol. The molecule has 0 aromatic heterocycles. The molecule has 1 aliphatic rings. The van der Waals surface area contributed by atoms with Gasteiger partial charge in [-0.2, -0.15) is 0 Å². The number of rotatable bonds is 6. The van der Waals surface area contributed by atoms with Gasteiger partial charge in [-0.15, -0.1) is 0 Å². The van der Waals surface area contributed by atoms with Gasteiger partial charge in [-0.3, -0.25) is 0 Å². The molecule has 1 atom stereocenters. The van der Waals surface area contributed by atoms with Crippen molar-refractivity contribution in [2.75, 3.05) is 0 Å². The van der Waals surface area contributed by atoms with Gasteiger partial charge < -0.3 is 5.11 Å². The van der Waals surface area contributed by atoms with E-state index in [0.717, 1.165) is 24.8 Å². The summed E-state index contributed by atoms with van der Waals surface area (Å²) in [4.78, 5) is 0. The first-order valence-corrected chi connectivity index (χ1v) is 8.22. The van der Waals surface area contributed by atoms with Crippen LogP contribution in [0.2, 0.25) is 0 Å². The maximum Gasteiger partial charge on any atom is 0.159 e. The monoisotopic (exact) mass is 296 g/mol. The van der Waals surface area contributed by atoms with E-state index in [4.69, 9.17) is 0 Å². The van der Waals surface area contributed by atoms with Crippen LogP contribution in [-0.2, 0) is 6.42 Å². The summed E-state index contributed by atoms with van der Waals surface area (Å²) in [5.74, 6) is -0.541. The summed E-state index contributed by atoms with van der Waals surface area (Å²) in [5.41, 5.74) is 0.675. The van der Waals surface area contributed by atoms with Gasteiger partial charge in [0.2, 0.25) is 0 Å². The highest BCUT2D eigenvalue weighted by molar-refractivity contribution is 5.18. The summed E-state index contributed by atoms with van der Waals surface area (Å²) in [7, 11) is 0. The van der Waals surface area contributed by atoms with E-state index in [1.165, 1.54) is 38.2 Å². The molecule has 21 heavy (non-hydrogen) atoms. The number of hydrogen-bond donors (Lipinski definition) is 1. The Bertz CT molecular complexity index is 439. The van der Waals surface area contributed by atoms with Crippen molar-refractivity contribution in [1.29, 1.82) is 0 Å². The van der Waals surface area contributed by atoms with Crippen LogP contribution in [0.25, 0.3) is 0 Å². The van der Waals surface area contributed by atoms with Crippen molar-refractivity contribution in [3.8, 4) is 0 Å². The number of halogens is 2. The first-order chi connectivity index (χ1) is 10.1. The molecular weight excluding hydrogens is 270 g/mol. The largest absolute Gasteiger partial charge is 0.392 e. The summed E-state index contributed by atoms with van der Waals surface area (Å²) in [5, 5.41) is 10.3. The van der Waals surface area contributed by atoms with E-state index in [2.05, 4.69) is 6.92 Å².